The lowest BCUT2D eigenvalue weighted by Gasteiger charge is -2.00. The van der Waals surface area contributed by atoms with Crippen molar-refractivity contribution >= 4 is 32.6 Å². The molecular weight excluding hydrogens is 260 g/mol. The third-order valence-electron chi connectivity index (χ3n) is 2.22. The quantitative estimate of drug-likeness (QED) is 0.667. The van der Waals surface area contributed by atoms with Gasteiger partial charge in [0, 0.05) is 4.47 Å². The molecule has 3 rings (SSSR count). The largest absolute Gasteiger partial charge is 0.317 e. The second kappa shape index (κ2) is 2.90. The molecule has 0 atom stereocenters. The van der Waals surface area contributed by atoms with Gasteiger partial charge in [-0.05, 0) is 18.2 Å². The van der Waals surface area contributed by atoms with Crippen LogP contribution < -0.4 is 5.56 Å². The molecule has 3 aromatic rings. The molecule has 0 saturated carbocycles. The Morgan fingerprint density at radius 2 is 2.27 bits per heavy atom. The molecular formula is C9H5BrN4O. The Bertz CT molecular complexity index is 715. The summed E-state index contributed by atoms with van der Waals surface area (Å²) >= 11 is 3.35. The summed E-state index contributed by atoms with van der Waals surface area (Å²) in [4.78, 5) is 14.3. The van der Waals surface area contributed by atoms with E-state index in [0.717, 1.165) is 15.5 Å². The Hall–Kier alpha value is -1.69. The van der Waals surface area contributed by atoms with Gasteiger partial charge in [-0.15, -0.1) is 10.2 Å². The molecule has 0 aliphatic heterocycles. The Morgan fingerprint density at radius 1 is 1.40 bits per heavy atom. The van der Waals surface area contributed by atoms with Gasteiger partial charge in [0.2, 0.25) is 5.65 Å². The van der Waals surface area contributed by atoms with Crippen LogP contribution >= 0.6 is 15.9 Å². The van der Waals surface area contributed by atoms with Crippen LogP contribution in [0.4, 0.5) is 0 Å². The minimum Gasteiger partial charge on any atom is -0.317 e. The molecule has 0 unspecified atom stereocenters. The summed E-state index contributed by atoms with van der Waals surface area (Å²) in [5.74, 6) is 0. The van der Waals surface area contributed by atoms with E-state index >= 15 is 0 Å². The number of hydrogen-bond acceptors (Lipinski definition) is 3. The van der Waals surface area contributed by atoms with Gasteiger partial charge in [-0.25, -0.2) is 0 Å². The first kappa shape index (κ1) is 8.60. The van der Waals surface area contributed by atoms with Crippen molar-refractivity contribution in [1.29, 1.82) is 0 Å². The minimum absolute atomic E-state index is 0.238. The molecule has 74 valence electrons. The number of rotatable bonds is 0. The third-order valence-corrected chi connectivity index (χ3v) is 2.71. The molecule has 2 heterocycles. The lowest BCUT2D eigenvalue weighted by molar-refractivity contribution is 1.11. The van der Waals surface area contributed by atoms with Crippen molar-refractivity contribution in [3.63, 3.8) is 0 Å². The van der Waals surface area contributed by atoms with E-state index in [0.29, 0.717) is 5.65 Å². The van der Waals surface area contributed by atoms with E-state index in [1.54, 1.807) is 4.40 Å². The average Bonchev–Trinajstić information content (AvgIpc) is 2.66. The highest BCUT2D eigenvalue weighted by Crippen LogP contribution is 2.16. The number of fused-ring (bicyclic) bond motifs is 3. The van der Waals surface area contributed by atoms with Gasteiger partial charge in [0.15, 0.2) is 0 Å². The maximum atomic E-state index is 11.6. The van der Waals surface area contributed by atoms with Gasteiger partial charge < -0.3 is 4.98 Å². The van der Waals surface area contributed by atoms with Crippen molar-refractivity contribution in [2.75, 3.05) is 0 Å². The number of halogens is 1. The van der Waals surface area contributed by atoms with Crippen LogP contribution in [0.1, 0.15) is 0 Å². The lowest BCUT2D eigenvalue weighted by atomic mass is 10.3. The summed E-state index contributed by atoms with van der Waals surface area (Å²) < 4.78 is 2.58. The van der Waals surface area contributed by atoms with Crippen LogP contribution in [-0.2, 0) is 0 Å². The molecule has 0 radical (unpaired) electrons. The van der Waals surface area contributed by atoms with Crippen LogP contribution in [-0.4, -0.2) is 19.6 Å². The van der Waals surface area contributed by atoms with Crippen molar-refractivity contribution in [2.45, 2.75) is 0 Å². The second-order valence-corrected chi connectivity index (χ2v) is 4.06. The maximum Gasteiger partial charge on any atom is 0.294 e. The van der Waals surface area contributed by atoms with Crippen molar-refractivity contribution in [3.8, 4) is 0 Å². The van der Waals surface area contributed by atoms with Crippen LogP contribution in [0.25, 0.3) is 16.7 Å². The molecule has 6 heteroatoms. The molecule has 0 bridgehead atoms. The van der Waals surface area contributed by atoms with E-state index in [2.05, 4.69) is 31.1 Å². The Kier molecular flexibility index (Phi) is 1.66. The highest BCUT2D eigenvalue weighted by molar-refractivity contribution is 9.10. The zero-order chi connectivity index (χ0) is 10.4. The molecule has 0 saturated heterocycles. The van der Waals surface area contributed by atoms with Gasteiger partial charge in [-0.2, -0.15) is 0 Å². The molecule has 0 aliphatic rings. The van der Waals surface area contributed by atoms with E-state index in [9.17, 15) is 4.79 Å². The average molecular weight is 265 g/mol. The maximum absolute atomic E-state index is 11.6. The molecule has 1 aromatic carbocycles. The summed E-state index contributed by atoms with van der Waals surface area (Å²) in [6.45, 7) is 0. The van der Waals surface area contributed by atoms with Crippen molar-refractivity contribution in [1.82, 2.24) is 19.6 Å². The molecule has 0 fully saturated rings. The van der Waals surface area contributed by atoms with E-state index < -0.39 is 0 Å². The number of hydrogen-bond donors (Lipinski definition) is 1. The van der Waals surface area contributed by atoms with Crippen molar-refractivity contribution < 1.29 is 0 Å². The van der Waals surface area contributed by atoms with Crippen molar-refractivity contribution in [2.24, 2.45) is 0 Å². The normalized spacial score (nSPS) is 11.3. The van der Waals surface area contributed by atoms with E-state index in [-0.39, 0.29) is 5.56 Å². The summed E-state index contributed by atoms with van der Waals surface area (Å²) in [5, 5.41) is 7.46. The first-order chi connectivity index (χ1) is 7.25. The summed E-state index contributed by atoms with van der Waals surface area (Å²) in [7, 11) is 0. The molecule has 5 nitrogen and oxygen atoms in total. The van der Waals surface area contributed by atoms with Crippen LogP contribution in [0.3, 0.4) is 0 Å². The molecule has 2 aromatic heterocycles. The van der Waals surface area contributed by atoms with E-state index in [1.165, 1.54) is 6.33 Å². The number of nitrogens with zero attached hydrogens (tertiary/aromatic N) is 3. The number of aromatic nitrogens is 4. The van der Waals surface area contributed by atoms with Crippen LogP contribution in [0.5, 0.6) is 0 Å². The fourth-order valence-electron chi connectivity index (χ4n) is 1.56. The standard InChI is InChI=1S/C9H5BrN4O/c10-5-1-2-7-6(3-5)12-9(15)8-13-11-4-14(7)8/h1-4H,(H,12,15). The van der Waals surface area contributed by atoms with Gasteiger partial charge in [-0.1, -0.05) is 15.9 Å². The second-order valence-electron chi connectivity index (χ2n) is 3.14. The lowest BCUT2D eigenvalue weighted by Crippen LogP contribution is -2.10. The molecule has 0 aliphatic carbocycles. The van der Waals surface area contributed by atoms with Gasteiger partial charge in [0.05, 0.1) is 11.0 Å². The number of H-pyrrole nitrogens is 1. The smallest absolute Gasteiger partial charge is 0.294 e. The fourth-order valence-corrected chi connectivity index (χ4v) is 1.92. The SMILES string of the molecule is O=c1[nH]c2cc(Br)ccc2n2cnnc12. The van der Waals surface area contributed by atoms with Crippen LogP contribution in [0.15, 0.2) is 33.8 Å². The third kappa shape index (κ3) is 1.18. The van der Waals surface area contributed by atoms with Gasteiger partial charge in [-0.3, -0.25) is 9.20 Å². The first-order valence-corrected chi connectivity index (χ1v) is 5.06. The molecule has 0 spiro atoms. The monoisotopic (exact) mass is 264 g/mol. The first-order valence-electron chi connectivity index (χ1n) is 4.27. The summed E-state index contributed by atoms with van der Waals surface area (Å²) in [6, 6.07) is 5.64. The zero-order valence-corrected chi connectivity index (χ0v) is 9.02. The van der Waals surface area contributed by atoms with Crippen molar-refractivity contribution in [3.05, 3.63) is 39.4 Å². The van der Waals surface area contributed by atoms with Gasteiger partial charge in [0.25, 0.3) is 5.56 Å². The summed E-state index contributed by atoms with van der Waals surface area (Å²) in [6.07, 6.45) is 1.53. The molecule has 0 amide bonds. The highest BCUT2D eigenvalue weighted by Gasteiger charge is 2.05. The zero-order valence-electron chi connectivity index (χ0n) is 7.44. The number of benzene rings is 1. The Labute approximate surface area is 91.9 Å². The highest BCUT2D eigenvalue weighted by atomic mass is 79.9. The van der Waals surface area contributed by atoms with Gasteiger partial charge >= 0.3 is 0 Å². The summed E-state index contributed by atoms with van der Waals surface area (Å²) in [5.41, 5.74) is 1.70. The minimum atomic E-state index is -0.238. The van der Waals surface area contributed by atoms with Crippen LogP contribution in [0, 0.1) is 0 Å². The topological polar surface area (TPSA) is 63.0 Å². The number of aromatic amines is 1. The number of nitrogens with one attached hydrogen (secondary N) is 1. The predicted octanol–water partition coefficient (Wildman–Crippen LogP) is 1.33. The predicted molar refractivity (Wildman–Crippen MR) is 58.8 cm³/mol. The Balaban J connectivity index is 2.66. The van der Waals surface area contributed by atoms with E-state index in [1.807, 2.05) is 18.2 Å². The fraction of sp³-hybridized carbons (Fsp3) is 0. The van der Waals surface area contributed by atoms with Gasteiger partial charge in [0.1, 0.15) is 6.33 Å². The Morgan fingerprint density at radius 3 is 3.13 bits per heavy atom. The van der Waals surface area contributed by atoms with E-state index in [4.69, 9.17) is 0 Å². The molecule has 1 N–H and O–H groups in total. The van der Waals surface area contributed by atoms with Crippen LogP contribution in [0.2, 0.25) is 0 Å². The molecule has 15 heavy (non-hydrogen) atoms.